The van der Waals surface area contributed by atoms with Crippen LogP contribution < -0.4 is 5.32 Å². The number of nitrogens with one attached hydrogen (secondary N) is 1. The highest BCUT2D eigenvalue weighted by molar-refractivity contribution is 9.10. The first-order chi connectivity index (χ1) is 7.31. The van der Waals surface area contributed by atoms with Crippen LogP contribution in [-0.2, 0) is 6.54 Å². The molecule has 3 nitrogen and oxygen atoms in total. The molecule has 0 aliphatic carbocycles. The summed E-state index contributed by atoms with van der Waals surface area (Å²) in [4.78, 5) is 2.50. The van der Waals surface area contributed by atoms with Crippen molar-refractivity contribution in [1.29, 1.82) is 0 Å². The molecule has 0 bridgehead atoms. The lowest BCUT2D eigenvalue weighted by Gasteiger charge is -2.14. The number of hydrogen-bond donors (Lipinski definition) is 1. The number of fused-ring (bicyclic) bond motifs is 1. The van der Waals surface area contributed by atoms with Crippen LogP contribution in [0.1, 0.15) is 5.76 Å². The Bertz CT molecular complexity index is 340. The molecule has 0 saturated carbocycles. The maximum atomic E-state index is 5.53. The van der Waals surface area contributed by atoms with Crippen LogP contribution in [0.3, 0.4) is 0 Å². The maximum Gasteiger partial charge on any atom is 0.169 e. The topological polar surface area (TPSA) is 28.4 Å². The lowest BCUT2D eigenvalue weighted by atomic mass is 10.0. The van der Waals surface area contributed by atoms with Gasteiger partial charge in [-0.1, -0.05) is 0 Å². The number of furan rings is 1. The van der Waals surface area contributed by atoms with Gasteiger partial charge in [0.1, 0.15) is 5.76 Å². The van der Waals surface area contributed by atoms with Crippen LogP contribution in [0.5, 0.6) is 0 Å². The van der Waals surface area contributed by atoms with Gasteiger partial charge in [0.25, 0.3) is 0 Å². The van der Waals surface area contributed by atoms with Crippen molar-refractivity contribution in [2.24, 2.45) is 11.8 Å². The van der Waals surface area contributed by atoms with Crippen LogP contribution in [0.25, 0.3) is 0 Å². The molecule has 0 spiro atoms. The van der Waals surface area contributed by atoms with Gasteiger partial charge in [-0.25, -0.2) is 0 Å². The van der Waals surface area contributed by atoms with Crippen molar-refractivity contribution in [1.82, 2.24) is 10.2 Å². The fourth-order valence-corrected chi connectivity index (χ4v) is 3.08. The zero-order valence-electron chi connectivity index (χ0n) is 8.58. The zero-order chi connectivity index (χ0) is 10.3. The number of halogens is 1. The van der Waals surface area contributed by atoms with Crippen molar-refractivity contribution in [3.05, 3.63) is 22.6 Å². The van der Waals surface area contributed by atoms with Crippen molar-refractivity contribution in [2.45, 2.75) is 6.54 Å². The average molecular weight is 271 g/mol. The molecule has 2 aliphatic rings. The predicted molar refractivity (Wildman–Crippen MR) is 61.5 cm³/mol. The van der Waals surface area contributed by atoms with Gasteiger partial charge in [-0.3, -0.25) is 4.90 Å². The largest absolute Gasteiger partial charge is 0.453 e. The van der Waals surface area contributed by atoms with Gasteiger partial charge in [-0.05, 0) is 53.0 Å². The van der Waals surface area contributed by atoms with Crippen LogP contribution >= 0.6 is 15.9 Å². The van der Waals surface area contributed by atoms with E-state index >= 15 is 0 Å². The van der Waals surface area contributed by atoms with E-state index in [0.717, 1.165) is 28.8 Å². The first-order valence-electron chi connectivity index (χ1n) is 5.48. The molecule has 2 aliphatic heterocycles. The second-order valence-corrected chi connectivity index (χ2v) is 5.36. The Labute approximate surface area is 97.9 Å². The highest BCUT2D eigenvalue weighted by Crippen LogP contribution is 2.28. The summed E-state index contributed by atoms with van der Waals surface area (Å²) in [5.74, 6) is 2.79. The fourth-order valence-electron chi connectivity index (χ4n) is 2.74. The summed E-state index contributed by atoms with van der Waals surface area (Å²) in [5, 5.41) is 3.46. The minimum Gasteiger partial charge on any atom is -0.453 e. The molecule has 0 amide bonds. The molecule has 2 atom stereocenters. The third kappa shape index (κ3) is 1.98. The summed E-state index contributed by atoms with van der Waals surface area (Å²) in [6.07, 6.45) is 0. The highest BCUT2D eigenvalue weighted by atomic mass is 79.9. The smallest absolute Gasteiger partial charge is 0.169 e. The van der Waals surface area contributed by atoms with Gasteiger partial charge in [-0.15, -0.1) is 0 Å². The van der Waals surface area contributed by atoms with Gasteiger partial charge in [0.15, 0.2) is 4.67 Å². The summed E-state index contributed by atoms with van der Waals surface area (Å²) in [6, 6.07) is 4.02. The first kappa shape index (κ1) is 9.87. The second kappa shape index (κ2) is 3.92. The summed E-state index contributed by atoms with van der Waals surface area (Å²) in [6.45, 7) is 5.79. The van der Waals surface area contributed by atoms with E-state index in [-0.39, 0.29) is 0 Å². The summed E-state index contributed by atoms with van der Waals surface area (Å²) < 4.78 is 6.36. The van der Waals surface area contributed by atoms with Crippen molar-refractivity contribution < 1.29 is 4.42 Å². The fraction of sp³-hybridized carbons (Fsp3) is 0.636. The normalized spacial score (nSPS) is 31.0. The molecule has 2 fully saturated rings. The van der Waals surface area contributed by atoms with E-state index in [1.165, 1.54) is 26.2 Å². The predicted octanol–water partition coefficient (Wildman–Crippen LogP) is 1.69. The molecule has 82 valence electrons. The summed E-state index contributed by atoms with van der Waals surface area (Å²) in [5.41, 5.74) is 0. The molecular weight excluding hydrogens is 256 g/mol. The lowest BCUT2D eigenvalue weighted by Crippen LogP contribution is -2.25. The van der Waals surface area contributed by atoms with Gasteiger partial charge in [0.2, 0.25) is 0 Å². The first-order valence-corrected chi connectivity index (χ1v) is 6.28. The minimum absolute atomic E-state index is 0.832. The van der Waals surface area contributed by atoms with Gasteiger partial charge < -0.3 is 9.73 Å². The van der Waals surface area contributed by atoms with Gasteiger partial charge in [0.05, 0.1) is 6.54 Å². The number of hydrogen-bond acceptors (Lipinski definition) is 3. The van der Waals surface area contributed by atoms with Crippen molar-refractivity contribution in [3.8, 4) is 0 Å². The number of nitrogens with zero attached hydrogens (tertiary/aromatic N) is 1. The molecule has 3 rings (SSSR count). The summed E-state index contributed by atoms with van der Waals surface area (Å²) >= 11 is 3.33. The van der Waals surface area contributed by atoms with Gasteiger partial charge >= 0.3 is 0 Å². The van der Waals surface area contributed by atoms with E-state index in [2.05, 4.69) is 32.2 Å². The van der Waals surface area contributed by atoms with Crippen LogP contribution in [0.4, 0.5) is 0 Å². The molecule has 4 heteroatoms. The summed E-state index contributed by atoms with van der Waals surface area (Å²) in [7, 11) is 0. The highest BCUT2D eigenvalue weighted by Gasteiger charge is 2.35. The van der Waals surface area contributed by atoms with Crippen LogP contribution in [0, 0.1) is 11.8 Å². The van der Waals surface area contributed by atoms with Crippen LogP contribution in [0.2, 0.25) is 0 Å². The Kier molecular flexibility index (Phi) is 2.58. The minimum atomic E-state index is 0.832. The monoisotopic (exact) mass is 270 g/mol. The molecule has 0 radical (unpaired) electrons. The van der Waals surface area contributed by atoms with Gasteiger partial charge in [0, 0.05) is 13.1 Å². The Balaban J connectivity index is 1.61. The molecule has 1 aromatic heterocycles. The average Bonchev–Trinajstić information content (AvgIpc) is 2.81. The molecule has 3 heterocycles. The van der Waals surface area contributed by atoms with E-state index < -0.39 is 0 Å². The molecular formula is C11H15BrN2O. The molecule has 2 unspecified atom stereocenters. The number of likely N-dealkylation sites (tertiary alicyclic amines) is 1. The van der Waals surface area contributed by atoms with E-state index in [1.54, 1.807) is 0 Å². The molecule has 15 heavy (non-hydrogen) atoms. The Morgan fingerprint density at radius 3 is 2.67 bits per heavy atom. The van der Waals surface area contributed by atoms with Crippen molar-refractivity contribution in [2.75, 3.05) is 26.2 Å². The Hall–Kier alpha value is -0.320. The van der Waals surface area contributed by atoms with Crippen LogP contribution in [-0.4, -0.2) is 31.1 Å². The van der Waals surface area contributed by atoms with E-state index in [0.29, 0.717) is 0 Å². The van der Waals surface area contributed by atoms with Crippen molar-refractivity contribution in [3.63, 3.8) is 0 Å². The SMILES string of the molecule is Brc1ccc(CN2CC3CNCC3C2)o1. The van der Waals surface area contributed by atoms with Gasteiger partial charge in [-0.2, -0.15) is 0 Å². The standard InChI is InChI=1S/C11H15BrN2O/c12-11-2-1-10(15-11)7-14-5-8-3-13-4-9(8)6-14/h1-2,8-9,13H,3-7H2. The zero-order valence-corrected chi connectivity index (χ0v) is 10.2. The molecule has 1 aromatic rings. The third-order valence-electron chi connectivity index (χ3n) is 3.47. The van der Waals surface area contributed by atoms with E-state index in [4.69, 9.17) is 4.42 Å². The quantitative estimate of drug-likeness (QED) is 0.887. The number of rotatable bonds is 2. The van der Waals surface area contributed by atoms with Crippen LogP contribution in [0.15, 0.2) is 21.2 Å². The Morgan fingerprint density at radius 2 is 2.07 bits per heavy atom. The molecule has 0 aromatic carbocycles. The maximum absolute atomic E-state index is 5.53. The lowest BCUT2D eigenvalue weighted by molar-refractivity contribution is 0.275. The molecule has 1 N–H and O–H groups in total. The van der Waals surface area contributed by atoms with E-state index in [1.807, 2.05) is 6.07 Å². The molecule has 2 saturated heterocycles. The van der Waals surface area contributed by atoms with Crippen molar-refractivity contribution >= 4 is 15.9 Å². The Morgan fingerprint density at radius 1 is 1.33 bits per heavy atom. The second-order valence-electron chi connectivity index (χ2n) is 4.58. The van der Waals surface area contributed by atoms with E-state index in [9.17, 15) is 0 Å². The third-order valence-corrected chi connectivity index (χ3v) is 3.90.